The number of rotatable bonds is 9. The smallest absolute Gasteiger partial charge is 0.0610 e. The lowest BCUT2D eigenvalue weighted by Crippen LogP contribution is -2.47. The van der Waals surface area contributed by atoms with Crippen molar-refractivity contribution in [3.05, 3.63) is 0 Å². The SMILES string of the molecule is CC(CO)(CCCSCC1CCCC1)NC1CC1. The Balaban J connectivity index is 1.52. The van der Waals surface area contributed by atoms with Gasteiger partial charge in [0.1, 0.15) is 0 Å². The van der Waals surface area contributed by atoms with E-state index < -0.39 is 0 Å². The molecule has 0 saturated heterocycles. The summed E-state index contributed by atoms with van der Waals surface area (Å²) in [6.07, 6.45) is 10.8. The minimum atomic E-state index is -0.0327. The fourth-order valence-corrected chi connectivity index (χ4v) is 4.09. The van der Waals surface area contributed by atoms with Crippen molar-refractivity contribution in [2.45, 2.75) is 69.9 Å². The van der Waals surface area contributed by atoms with Crippen molar-refractivity contribution in [2.75, 3.05) is 18.1 Å². The molecule has 1 unspecified atom stereocenters. The predicted octanol–water partition coefficient (Wildman–Crippen LogP) is 3.19. The maximum Gasteiger partial charge on any atom is 0.0610 e. The van der Waals surface area contributed by atoms with Crippen LogP contribution in [0.2, 0.25) is 0 Å². The molecule has 0 radical (unpaired) electrons. The minimum Gasteiger partial charge on any atom is -0.394 e. The standard InChI is InChI=1S/C15H29NOS/c1-15(12-17,16-14-7-8-14)9-4-10-18-11-13-5-2-3-6-13/h13-14,16-17H,2-12H2,1H3. The first kappa shape index (κ1) is 14.7. The topological polar surface area (TPSA) is 32.3 Å². The van der Waals surface area contributed by atoms with Crippen molar-refractivity contribution >= 4 is 11.8 Å². The molecule has 0 aromatic rings. The van der Waals surface area contributed by atoms with Crippen LogP contribution in [0.4, 0.5) is 0 Å². The maximum absolute atomic E-state index is 9.52. The highest BCUT2D eigenvalue weighted by molar-refractivity contribution is 7.99. The average Bonchev–Trinajstić information content (AvgIpc) is 3.01. The van der Waals surface area contributed by atoms with E-state index in [1.54, 1.807) is 0 Å². The number of aliphatic hydroxyl groups excluding tert-OH is 1. The number of aliphatic hydroxyl groups is 1. The summed E-state index contributed by atoms with van der Waals surface area (Å²) in [6, 6.07) is 0.688. The van der Waals surface area contributed by atoms with Gasteiger partial charge in [0.05, 0.1) is 6.61 Å². The normalized spacial score (nSPS) is 24.3. The zero-order valence-electron chi connectivity index (χ0n) is 11.8. The first-order chi connectivity index (χ1) is 8.72. The van der Waals surface area contributed by atoms with E-state index in [-0.39, 0.29) is 12.1 Å². The van der Waals surface area contributed by atoms with Gasteiger partial charge in [-0.1, -0.05) is 12.8 Å². The molecule has 2 saturated carbocycles. The Labute approximate surface area is 116 Å². The molecule has 2 nitrogen and oxygen atoms in total. The fraction of sp³-hybridized carbons (Fsp3) is 1.00. The second-order valence-electron chi connectivity index (χ2n) is 6.47. The largest absolute Gasteiger partial charge is 0.394 e. The minimum absolute atomic E-state index is 0.0327. The Bertz CT molecular complexity index is 239. The van der Waals surface area contributed by atoms with E-state index in [4.69, 9.17) is 0 Å². The molecule has 0 aliphatic heterocycles. The molecule has 2 aliphatic carbocycles. The Morgan fingerprint density at radius 3 is 2.56 bits per heavy atom. The Kier molecular flexibility index (Phi) is 5.84. The number of hydrogen-bond donors (Lipinski definition) is 2. The maximum atomic E-state index is 9.52. The van der Waals surface area contributed by atoms with E-state index in [2.05, 4.69) is 24.0 Å². The molecule has 0 bridgehead atoms. The van der Waals surface area contributed by atoms with E-state index >= 15 is 0 Å². The van der Waals surface area contributed by atoms with Gasteiger partial charge in [-0.15, -0.1) is 0 Å². The summed E-state index contributed by atoms with van der Waals surface area (Å²) in [5, 5.41) is 13.1. The van der Waals surface area contributed by atoms with Crippen LogP contribution in [-0.2, 0) is 0 Å². The number of thioether (sulfide) groups is 1. The summed E-state index contributed by atoms with van der Waals surface area (Å²) in [5.41, 5.74) is -0.0327. The molecule has 0 aromatic carbocycles. The van der Waals surface area contributed by atoms with Crippen LogP contribution >= 0.6 is 11.8 Å². The van der Waals surface area contributed by atoms with Crippen LogP contribution in [0.15, 0.2) is 0 Å². The Hall–Kier alpha value is 0.270. The van der Waals surface area contributed by atoms with Gasteiger partial charge in [-0.05, 0) is 62.9 Å². The van der Waals surface area contributed by atoms with Crippen LogP contribution in [0.25, 0.3) is 0 Å². The monoisotopic (exact) mass is 271 g/mol. The molecule has 2 fully saturated rings. The van der Waals surface area contributed by atoms with E-state index in [1.807, 2.05) is 0 Å². The highest BCUT2D eigenvalue weighted by Gasteiger charge is 2.31. The zero-order valence-corrected chi connectivity index (χ0v) is 12.6. The first-order valence-corrected chi connectivity index (χ1v) is 8.84. The van der Waals surface area contributed by atoms with Crippen LogP contribution in [0.1, 0.15) is 58.3 Å². The van der Waals surface area contributed by atoms with Crippen molar-refractivity contribution in [1.29, 1.82) is 0 Å². The molecule has 0 spiro atoms. The number of hydrogen-bond acceptors (Lipinski definition) is 3. The van der Waals surface area contributed by atoms with Crippen LogP contribution in [0.5, 0.6) is 0 Å². The third-order valence-corrected chi connectivity index (χ3v) is 5.61. The molecule has 18 heavy (non-hydrogen) atoms. The van der Waals surface area contributed by atoms with Gasteiger partial charge in [-0.3, -0.25) is 0 Å². The molecule has 2 N–H and O–H groups in total. The third-order valence-electron chi connectivity index (χ3n) is 4.32. The van der Waals surface area contributed by atoms with Crippen molar-refractivity contribution < 1.29 is 5.11 Å². The summed E-state index contributed by atoms with van der Waals surface area (Å²) in [4.78, 5) is 0. The summed E-state index contributed by atoms with van der Waals surface area (Å²) in [5.74, 6) is 3.63. The van der Waals surface area contributed by atoms with Gasteiger partial charge in [-0.2, -0.15) is 11.8 Å². The second-order valence-corrected chi connectivity index (χ2v) is 7.62. The van der Waals surface area contributed by atoms with Gasteiger partial charge < -0.3 is 10.4 Å². The Morgan fingerprint density at radius 1 is 1.22 bits per heavy atom. The van der Waals surface area contributed by atoms with Gasteiger partial charge in [0.25, 0.3) is 0 Å². The lowest BCUT2D eigenvalue weighted by Gasteiger charge is -2.29. The highest BCUT2D eigenvalue weighted by atomic mass is 32.2. The number of nitrogens with one attached hydrogen (secondary N) is 1. The van der Waals surface area contributed by atoms with Crippen molar-refractivity contribution in [1.82, 2.24) is 5.32 Å². The molecular weight excluding hydrogens is 242 g/mol. The zero-order chi connectivity index (χ0) is 12.8. The lowest BCUT2D eigenvalue weighted by atomic mass is 9.97. The molecule has 2 aliphatic rings. The molecule has 0 aromatic heterocycles. The quantitative estimate of drug-likeness (QED) is 0.632. The van der Waals surface area contributed by atoms with Crippen LogP contribution < -0.4 is 5.32 Å². The molecular formula is C15H29NOS. The van der Waals surface area contributed by atoms with Crippen LogP contribution in [-0.4, -0.2) is 34.8 Å². The van der Waals surface area contributed by atoms with Gasteiger partial charge in [0, 0.05) is 11.6 Å². The summed E-state index contributed by atoms with van der Waals surface area (Å²) in [7, 11) is 0. The van der Waals surface area contributed by atoms with Gasteiger partial charge in [0.15, 0.2) is 0 Å². The van der Waals surface area contributed by atoms with E-state index in [9.17, 15) is 5.11 Å². The summed E-state index contributed by atoms with van der Waals surface area (Å²) < 4.78 is 0. The molecule has 0 amide bonds. The van der Waals surface area contributed by atoms with E-state index in [0.717, 1.165) is 12.3 Å². The summed E-state index contributed by atoms with van der Waals surface area (Å²) in [6.45, 7) is 2.45. The van der Waals surface area contributed by atoms with Gasteiger partial charge in [-0.25, -0.2) is 0 Å². The fourth-order valence-electron chi connectivity index (χ4n) is 2.91. The van der Waals surface area contributed by atoms with Crippen molar-refractivity contribution in [2.24, 2.45) is 5.92 Å². The average molecular weight is 271 g/mol. The van der Waals surface area contributed by atoms with Gasteiger partial charge in [0.2, 0.25) is 0 Å². The summed E-state index contributed by atoms with van der Waals surface area (Å²) >= 11 is 2.13. The lowest BCUT2D eigenvalue weighted by molar-refractivity contribution is 0.163. The van der Waals surface area contributed by atoms with Crippen LogP contribution in [0.3, 0.4) is 0 Å². The second kappa shape index (κ2) is 7.16. The molecule has 3 heteroatoms. The van der Waals surface area contributed by atoms with Crippen molar-refractivity contribution in [3.63, 3.8) is 0 Å². The first-order valence-electron chi connectivity index (χ1n) is 7.68. The predicted molar refractivity (Wildman–Crippen MR) is 80.2 cm³/mol. The Morgan fingerprint density at radius 2 is 1.94 bits per heavy atom. The third kappa shape index (κ3) is 5.10. The van der Waals surface area contributed by atoms with E-state index in [0.29, 0.717) is 6.04 Å². The molecule has 1 atom stereocenters. The molecule has 2 rings (SSSR count). The van der Waals surface area contributed by atoms with Crippen LogP contribution in [0, 0.1) is 5.92 Å². The molecule has 0 heterocycles. The van der Waals surface area contributed by atoms with Crippen molar-refractivity contribution in [3.8, 4) is 0 Å². The van der Waals surface area contributed by atoms with Gasteiger partial charge >= 0.3 is 0 Å². The molecule has 106 valence electrons. The van der Waals surface area contributed by atoms with E-state index in [1.165, 1.54) is 56.5 Å². The highest BCUT2D eigenvalue weighted by Crippen LogP contribution is 2.29.